The molecule has 2 aliphatic heterocycles. The van der Waals surface area contributed by atoms with Crippen molar-refractivity contribution in [1.29, 1.82) is 0 Å². The summed E-state index contributed by atoms with van der Waals surface area (Å²) >= 11 is 6.02. The van der Waals surface area contributed by atoms with Crippen LogP contribution in [0.5, 0.6) is 0 Å². The standard InChI is InChI=1S/C24H26ClN3O2/c1-16-14-20-19-4-2-3-5-21(19)26-23(20)24(28(16)22(29)15-25)17-6-8-18(9-7-17)27-10-12-30-13-11-27/h2-9,16,24,26H,10-15H2,1H3/t16-,24-/m0/s1. The number of halogens is 1. The minimum atomic E-state index is -0.166. The Morgan fingerprint density at radius 2 is 1.87 bits per heavy atom. The zero-order valence-electron chi connectivity index (χ0n) is 17.1. The highest BCUT2D eigenvalue weighted by atomic mass is 35.5. The van der Waals surface area contributed by atoms with Crippen LogP contribution in [-0.4, -0.2) is 54.0 Å². The Kier molecular flexibility index (Phi) is 5.17. The van der Waals surface area contributed by atoms with Gasteiger partial charge in [0.1, 0.15) is 5.88 Å². The monoisotopic (exact) mass is 423 g/mol. The van der Waals surface area contributed by atoms with E-state index >= 15 is 0 Å². The van der Waals surface area contributed by atoms with Gasteiger partial charge in [-0.2, -0.15) is 0 Å². The molecule has 5 nitrogen and oxygen atoms in total. The Morgan fingerprint density at radius 1 is 1.13 bits per heavy atom. The molecule has 3 heterocycles. The van der Waals surface area contributed by atoms with Gasteiger partial charge in [0.05, 0.1) is 19.3 Å². The third-order valence-corrected chi connectivity index (χ3v) is 6.59. The predicted molar refractivity (Wildman–Crippen MR) is 120 cm³/mol. The number of carbonyl (C=O) groups is 1. The van der Waals surface area contributed by atoms with Crippen LogP contribution < -0.4 is 4.90 Å². The molecular weight excluding hydrogens is 398 g/mol. The van der Waals surface area contributed by atoms with Crippen molar-refractivity contribution in [3.63, 3.8) is 0 Å². The number of benzene rings is 2. The van der Waals surface area contributed by atoms with Crippen molar-refractivity contribution in [2.45, 2.75) is 25.4 Å². The normalized spacial score (nSPS) is 21.7. The van der Waals surface area contributed by atoms with Gasteiger partial charge >= 0.3 is 0 Å². The first-order chi connectivity index (χ1) is 14.7. The molecule has 0 aliphatic carbocycles. The third kappa shape index (κ3) is 3.26. The van der Waals surface area contributed by atoms with Crippen molar-refractivity contribution in [1.82, 2.24) is 9.88 Å². The lowest BCUT2D eigenvalue weighted by atomic mass is 9.88. The molecule has 1 aromatic heterocycles. The summed E-state index contributed by atoms with van der Waals surface area (Å²) in [7, 11) is 0. The Morgan fingerprint density at radius 3 is 2.60 bits per heavy atom. The van der Waals surface area contributed by atoms with Crippen molar-refractivity contribution in [3.05, 3.63) is 65.4 Å². The van der Waals surface area contributed by atoms with Crippen LogP contribution in [0, 0.1) is 0 Å². The molecule has 1 amide bonds. The summed E-state index contributed by atoms with van der Waals surface area (Å²) in [6.45, 7) is 5.45. The number of aromatic amines is 1. The average molecular weight is 424 g/mol. The second-order valence-electron chi connectivity index (χ2n) is 8.14. The van der Waals surface area contributed by atoms with Gasteiger partial charge in [-0.25, -0.2) is 0 Å². The van der Waals surface area contributed by atoms with Gasteiger partial charge in [0.2, 0.25) is 5.91 Å². The quantitative estimate of drug-likeness (QED) is 0.645. The van der Waals surface area contributed by atoms with E-state index < -0.39 is 0 Å². The number of anilines is 1. The molecule has 3 aromatic rings. The van der Waals surface area contributed by atoms with Crippen LogP contribution in [0.25, 0.3) is 10.9 Å². The largest absolute Gasteiger partial charge is 0.378 e. The Bertz CT molecular complexity index is 1060. The number of hydrogen-bond donors (Lipinski definition) is 1. The first-order valence-electron chi connectivity index (χ1n) is 10.6. The van der Waals surface area contributed by atoms with E-state index in [0.717, 1.165) is 49.5 Å². The Balaban J connectivity index is 1.59. The van der Waals surface area contributed by atoms with Gasteiger partial charge in [0.25, 0.3) is 0 Å². The van der Waals surface area contributed by atoms with E-state index in [2.05, 4.69) is 59.3 Å². The Labute approximate surface area is 181 Å². The highest BCUT2D eigenvalue weighted by Crippen LogP contribution is 2.41. The SMILES string of the molecule is C[C@H]1Cc2c([nH]c3ccccc23)[C@H](c2ccc(N3CCOCC3)cc2)N1C(=O)CCl. The number of rotatable bonds is 3. The molecular formula is C24H26ClN3O2. The molecule has 1 N–H and O–H groups in total. The van der Waals surface area contributed by atoms with E-state index in [1.54, 1.807) is 0 Å². The van der Waals surface area contributed by atoms with Gasteiger partial charge in [-0.3, -0.25) is 4.79 Å². The molecule has 2 atom stereocenters. The number of carbonyl (C=O) groups excluding carboxylic acids is 1. The lowest BCUT2D eigenvalue weighted by Crippen LogP contribution is -2.47. The zero-order chi connectivity index (χ0) is 20.7. The van der Waals surface area contributed by atoms with Crippen molar-refractivity contribution >= 4 is 34.1 Å². The molecule has 1 saturated heterocycles. The first-order valence-corrected chi connectivity index (χ1v) is 11.1. The molecule has 0 radical (unpaired) electrons. The van der Waals surface area contributed by atoms with Gasteiger partial charge in [-0.1, -0.05) is 30.3 Å². The number of para-hydroxylation sites is 1. The topological polar surface area (TPSA) is 48.6 Å². The number of H-pyrrole nitrogens is 1. The fraction of sp³-hybridized carbons (Fsp3) is 0.375. The summed E-state index contributed by atoms with van der Waals surface area (Å²) in [5, 5.41) is 1.24. The van der Waals surface area contributed by atoms with E-state index in [1.807, 2.05) is 11.0 Å². The smallest absolute Gasteiger partial charge is 0.238 e. The van der Waals surface area contributed by atoms with E-state index in [0.29, 0.717) is 0 Å². The van der Waals surface area contributed by atoms with Crippen LogP contribution in [0.2, 0.25) is 0 Å². The predicted octanol–water partition coefficient (Wildman–Crippen LogP) is 4.11. The molecule has 0 bridgehead atoms. The van der Waals surface area contributed by atoms with Gasteiger partial charge in [-0.05, 0) is 42.7 Å². The highest BCUT2D eigenvalue weighted by Gasteiger charge is 2.38. The van der Waals surface area contributed by atoms with Crippen LogP contribution in [-0.2, 0) is 16.0 Å². The second-order valence-corrected chi connectivity index (χ2v) is 8.41. The number of amides is 1. The fourth-order valence-corrected chi connectivity index (χ4v) is 5.07. The summed E-state index contributed by atoms with van der Waals surface area (Å²) in [6, 6.07) is 16.9. The van der Waals surface area contributed by atoms with Crippen LogP contribution in [0.1, 0.15) is 29.8 Å². The van der Waals surface area contributed by atoms with Crippen LogP contribution in [0.3, 0.4) is 0 Å². The molecule has 156 valence electrons. The highest BCUT2D eigenvalue weighted by molar-refractivity contribution is 6.27. The number of nitrogens with zero attached hydrogens (tertiary/aromatic N) is 2. The fourth-order valence-electron chi connectivity index (χ4n) is 4.94. The van der Waals surface area contributed by atoms with E-state index in [-0.39, 0.29) is 23.9 Å². The van der Waals surface area contributed by atoms with E-state index in [9.17, 15) is 4.79 Å². The summed E-state index contributed by atoms with van der Waals surface area (Å²) < 4.78 is 5.47. The van der Waals surface area contributed by atoms with Crippen molar-refractivity contribution in [2.24, 2.45) is 0 Å². The lowest BCUT2D eigenvalue weighted by molar-refractivity contribution is -0.133. The molecule has 0 spiro atoms. The number of fused-ring (bicyclic) bond motifs is 3. The number of aromatic nitrogens is 1. The van der Waals surface area contributed by atoms with Crippen molar-refractivity contribution in [2.75, 3.05) is 37.1 Å². The maximum Gasteiger partial charge on any atom is 0.238 e. The van der Waals surface area contributed by atoms with Gasteiger partial charge in [0.15, 0.2) is 0 Å². The molecule has 5 rings (SSSR count). The van der Waals surface area contributed by atoms with E-state index in [1.165, 1.54) is 16.6 Å². The number of ether oxygens (including phenoxy) is 1. The first kappa shape index (κ1) is 19.5. The third-order valence-electron chi connectivity index (χ3n) is 6.36. The molecule has 2 aromatic carbocycles. The summed E-state index contributed by atoms with van der Waals surface area (Å²) in [5.74, 6) is -0.0434. The summed E-state index contributed by atoms with van der Waals surface area (Å²) in [5.41, 5.74) is 5.82. The molecule has 2 aliphatic rings. The number of nitrogens with one attached hydrogen (secondary N) is 1. The maximum atomic E-state index is 12.9. The lowest BCUT2D eigenvalue weighted by Gasteiger charge is -2.41. The molecule has 0 saturated carbocycles. The minimum absolute atomic E-state index is 0.0116. The van der Waals surface area contributed by atoms with Crippen LogP contribution >= 0.6 is 11.6 Å². The van der Waals surface area contributed by atoms with Crippen molar-refractivity contribution < 1.29 is 9.53 Å². The zero-order valence-corrected chi connectivity index (χ0v) is 17.9. The Hall–Kier alpha value is -2.50. The number of hydrogen-bond acceptors (Lipinski definition) is 3. The van der Waals surface area contributed by atoms with Crippen molar-refractivity contribution in [3.8, 4) is 0 Å². The minimum Gasteiger partial charge on any atom is -0.378 e. The molecule has 1 fully saturated rings. The summed E-state index contributed by atoms with van der Waals surface area (Å²) in [4.78, 5) is 20.8. The molecule has 6 heteroatoms. The second kappa shape index (κ2) is 7.97. The number of alkyl halides is 1. The average Bonchev–Trinajstić information content (AvgIpc) is 3.16. The van der Waals surface area contributed by atoms with Gasteiger partial charge in [0, 0.05) is 41.4 Å². The summed E-state index contributed by atoms with van der Waals surface area (Å²) in [6.07, 6.45) is 0.824. The van der Waals surface area contributed by atoms with Gasteiger partial charge < -0.3 is 19.5 Å². The van der Waals surface area contributed by atoms with Gasteiger partial charge in [-0.15, -0.1) is 11.6 Å². The van der Waals surface area contributed by atoms with E-state index in [4.69, 9.17) is 16.3 Å². The van der Waals surface area contributed by atoms with Crippen LogP contribution in [0.4, 0.5) is 5.69 Å². The van der Waals surface area contributed by atoms with Crippen LogP contribution in [0.15, 0.2) is 48.5 Å². The maximum absolute atomic E-state index is 12.9. The molecule has 30 heavy (non-hydrogen) atoms. The number of morpholine rings is 1. The molecule has 0 unspecified atom stereocenters.